The molecule has 6 atom stereocenters. The van der Waals surface area contributed by atoms with E-state index < -0.39 is 23.8 Å². The number of aryl methyl sites for hydroxylation is 3. The first kappa shape index (κ1) is 83.2. The lowest BCUT2D eigenvalue weighted by molar-refractivity contribution is 0.0117. The number of pyridine rings is 3. The number of methoxy groups -OCH3 is 1. The normalized spacial score (nSPS) is 19.3. The second-order valence-electron chi connectivity index (χ2n) is 33.0. The Hall–Kier alpha value is -10.3. The minimum Gasteiger partial charge on any atom is -0.453 e. The summed E-state index contributed by atoms with van der Waals surface area (Å²) in [6, 6.07) is 28.6. The summed E-state index contributed by atoms with van der Waals surface area (Å²) in [4.78, 5) is 91.4. The lowest BCUT2D eigenvalue weighted by Crippen LogP contribution is -2.55. The maximum atomic E-state index is 13.0. The summed E-state index contributed by atoms with van der Waals surface area (Å²) in [6.07, 6.45) is 27.4. The van der Waals surface area contributed by atoms with Crippen LogP contribution in [0.25, 0.3) is 34.9 Å². The van der Waals surface area contributed by atoms with E-state index in [0.29, 0.717) is 73.5 Å². The SMILES string of the molecule is COC(=O)NC(C1=Cc2cccnc2[C@@H](N2CCN(C(=O)OC(C)(C)C)CC2)c2ccc(Cl)cc21)c1cncn1C.Cn1cncc1C(N)C1=Cc2cccnc2[C@@H](N2CCN(C(=O)NC(C)(C)C)CC2)c2ccc(Cl)cc21.Cn1cncc1C(N)C1=Cc2cccnc2[C@@H](N2CCN(C(=O)NC3CCCCC3)CC2)c2ccc(Cl)cc21. The quantitative estimate of drug-likeness (QED) is 0.0804. The first-order valence-corrected chi connectivity index (χ1v) is 41.3. The van der Waals surface area contributed by atoms with Crippen LogP contribution in [0.3, 0.4) is 0 Å². The molecule has 9 aromatic rings. The number of ether oxygens (including phenoxy) is 2. The van der Waals surface area contributed by atoms with Crippen LogP contribution >= 0.6 is 34.8 Å². The van der Waals surface area contributed by atoms with Gasteiger partial charge >= 0.3 is 24.2 Å². The zero-order valence-corrected chi connectivity index (χ0v) is 70.4. The zero-order valence-electron chi connectivity index (χ0n) is 68.1. The van der Waals surface area contributed by atoms with Gasteiger partial charge < -0.3 is 65.3 Å². The molecule has 16 rings (SSSR count). The smallest absolute Gasteiger partial charge is 0.410 e. The number of amides is 6. The number of nitrogens with two attached hydrogens (primary N) is 2. The fraction of sp³-hybridized carbons (Fsp3) is 0.409. The van der Waals surface area contributed by atoms with Gasteiger partial charge in [0, 0.05) is 145 Å². The van der Waals surface area contributed by atoms with E-state index in [2.05, 4.69) is 88.1 Å². The van der Waals surface area contributed by atoms with Crippen molar-refractivity contribution in [3.8, 4) is 0 Å². The second-order valence-corrected chi connectivity index (χ2v) is 34.3. The second kappa shape index (κ2) is 35.9. The molecule has 7 N–H and O–H groups in total. The number of imidazole rings is 3. The highest BCUT2D eigenvalue weighted by Crippen LogP contribution is 2.48. The Morgan fingerprint density at radius 2 is 0.863 bits per heavy atom. The van der Waals surface area contributed by atoms with E-state index in [1.165, 1.54) is 26.4 Å². The van der Waals surface area contributed by atoms with Crippen LogP contribution in [0.4, 0.5) is 19.2 Å². The van der Waals surface area contributed by atoms with Gasteiger partial charge in [-0.05, 0) is 194 Å². The summed E-state index contributed by atoms with van der Waals surface area (Å²) < 4.78 is 16.4. The molecule has 0 spiro atoms. The molecule has 9 heterocycles. The number of alkyl carbamates (subject to hydrolysis) is 1. The molecule has 4 fully saturated rings. The van der Waals surface area contributed by atoms with Gasteiger partial charge in [0.25, 0.3) is 0 Å². The van der Waals surface area contributed by atoms with Crippen molar-refractivity contribution in [2.45, 2.75) is 127 Å². The predicted molar refractivity (Wildman–Crippen MR) is 457 cm³/mol. The molecule has 0 radical (unpaired) electrons. The van der Waals surface area contributed by atoms with Crippen LogP contribution in [0, 0.1) is 0 Å². The molecule has 3 aromatic carbocycles. The summed E-state index contributed by atoms with van der Waals surface area (Å²) in [6.45, 7) is 19.5. The van der Waals surface area contributed by atoms with E-state index >= 15 is 0 Å². The number of aromatic nitrogens is 9. The third kappa shape index (κ3) is 18.8. The van der Waals surface area contributed by atoms with E-state index in [9.17, 15) is 19.2 Å². The number of nitrogens with one attached hydrogen (secondary N) is 3. The van der Waals surface area contributed by atoms with Crippen LogP contribution in [0.5, 0.6) is 0 Å². The maximum absolute atomic E-state index is 13.0. The van der Waals surface area contributed by atoms with Gasteiger partial charge in [0.1, 0.15) is 5.60 Å². The van der Waals surface area contributed by atoms with Gasteiger partial charge in [-0.25, -0.2) is 34.1 Å². The van der Waals surface area contributed by atoms with Gasteiger partial charge in [-0.1, -0.05) is 90.5 Å². The largest absolute Gasteiger partial charge is 0.453 e. The molecule has 3 saturated heterocycles. The topological polar surface area (TPSA) is 286 Å². The van der Waals surface area contributed by atoms with Gasteiger partial charge in [-0.3, -0.25) is 29.7 Å². The number of urea groups is 2. The number of hydrogen-bond donors (Lipinski definition) is 5. The number of carbonyl (C=O) groups is 4. The molecule has 3 aliphatic heterocycles. The van der Waals surface area contributed by atoms with Gasteiger partial charge in [-0.15, -0.1) is 0 Å². The number of rotatable bonds is 11. The first-order valence-electron chi connectivity index (χ1n) is 40.1. The third-order valence-electron chi connectivity index (χ3n) is 22.8. The van der Waals surface area contributed by atoms with Gasteiger partial charge in [-0.2, -0.15) is 0 Å². The molecule has 26 nitrogen and oxygen atoms in total. The molecule has 1 saturated carbocycles. The minimum atomic E-state index is -0.581. The van der Waals surface area contributed by atoms with Gasteiger partial charge in [0.05, 0.1) is 115 Å². The fourth-order valence-electron chi connectivity index (χ4n) is 17.0. The monoisotopic (exact) mass is 1640 g/mol. The standard InChI is InChI=1S/C30H36ClN7O.C30H35ClN6O4.C28H34ClN7O/c1-36-19-33-18-26(36)27(32)25-16-20-6-5-11-34-28(20)29(23-10-9-21(31)17-24(23)25)37-12-14-38(15-13-37)30(39)35-22-7-3-2-4-8-22;1-30(2,3)41-29(39)37-13-11-36(12-14-37)27-21-9-8-20(31)16-22(21)23(15-19-7-6-10-33-25(19)27)26(34-28(38)40-5)24-17-32-18-35(24)4;1-28(2,3)33-27(37)36-12-10-35(11-13-36)26-20-8-7-19(29)15-21(20)22(14-18-6-5-9-32-25(18)26)24(30)23-16-31-17-34(23)4/h5-6,9-11,16-19,22,27,29H,2-4,7-8,12-15,32H2,1H3,(H,35,39);6-10,15-18,26-27H,11-14H2,1-5H3,(H,34,38);5-9,14-17,24,26H,10-13,30H2,1-4H3,(H,33,37)/t27?,29-;26?,27-;24?,26-/m000/s1. The Balaban J connectivity index is 0.000000145. The first-order chi connectivity index (χ1) is 56.2. The number of nitrogens with zero attached hydrogens (tertiary/aromatic N) is 15. The Bertz CT molecular complexity index is 5190. The fourth-order valence-corrected chi connectivity index (χ4v) is 17.5. The Morgan fingerprint density at radius 1 is 0.487 bits per heavy atom. The molecule has 0 bridgehead atoms. The van der Waals surface area contributed by atoms with Crippen LogP contribution in [-0.2, 0) is 30.6 Å². The molecule has 614 valence electrons. The number of halogens is 3. The molecule has 29 heteroatoms. The number of fused-ring (bicyclic) bond motifs is 6. The average molecular weight is 1650 g/mol. The lowest BCUT2D eigenvalue weighted by Gasteiger charge is -2.40. The van der Waals surface area contributed by atoms with E-state index in [1.807, 2.05) is 178 Å². The number of hydrogen-bond acceptors (Lipinski definition) is 17. The molecule has 3 unspecified atom stereocenters. The van der Waals surface area contributed by atoms with Crippen molar-refractivity contribution in [2.75, 3.05) is 85.6 Å². The van der Waals surface area contributed by atoms with Crippen LogP contribution in [0.15, 0.2) is 147 Å². The van der Waals surface area contributed by atoms with E-state index in [4.69, 9.17) is 70.7 Å². The molecule has 4 aliphatic carbocycles. The van der Waals surface area contributed by atoms with E-state index in [0.717, 1.165) is 140 Å². The average Bonchev–Trinajstić information content (AvgIpc) is 1.64. The van der Waals surface area contributed by atoms with Crippen LogP contribution in [-0.4, -0.2) is 200 Å². The van der Waals surface area contributed by atoms with E-state index in [-0.39, 0.29) is 47.9 Å². The van der Waals surface area contributed by atoms with Crippen molar-refractivity contribution in [2.24, 2.45) is 32.6 Å². The number of benzene rings is 3. The molecular formula is C88H105Cl3N20O6. The van der Waals surface area contributed by atoms with Crippen molar-refractivity contribution >= 4 is 94.0 Å². The summed E-state index contributed by atoms with van der Waals surface area (Å²) in [7, 11) is 7.13. The number of piperazine rings is 3. The number of carbonyl (C=O) groups excluding carboxylic acids is 4. The highest BCUT2D eigenvalue weighted by Gasteiger charge is 2.41. The van der Waals surface area contributed by atoms with Crippen molar-refractivity contribution < 1.29 is 28.7 Å². The molecular weight excluding hydrogens is 1540 g/mol. The summed E-state index contributed by atoms with van der Waals surface area (Å²) in [5, 5.41) is 11.3. The Kier molecular flexibility index (Phi) is 25.5. The summed E-state index contributed by atoms with van der Waals surface area (Å²) >= 11 is 19.7. The highest BCUT2D eigenvalue weighted by molar-refractivity contribution is 6.31. The molecule has 6 aromatic heterocycles. The Labute approximate surface area is 699 Å². The van der Waals surface area contributed by atoms with Crippen molar-refractivity contribution in [3.63, 3.8) is 0 Å². The highest BCUT2D eigenvalue weighted by atomic mass is 35.5. The Morgan fingerprint density at radius 3 is 1.24 bits per heavy atom. The van der Waals surface area contributed by atoms with Crippen LogP contribution in [0.1, 0.15) is 194 Å². The van der Waals surface area contributed by atoms with Gasteiger partial charge in [0.15, 0.2) is 0 Å². The molecule has 7 aliphatic rings. The van der Waals surface area contributed by atoms with Gasteiger partial charge in [0.2, 0.25) is 0 Å². The van der Waals surface area contributed by atoms with Crippen molar-refractivity contribution in [1.82, 2.24) is 89.0 Å². The van der Waals surface area contributed by atoms with Crippen molar-refractivity contribution in [3.05, 3.63) is 246 Å². The summed E-state index contributed by atoms with van der Waals surface area (Å²) in [5.41, 5.74) is 30.4. The third-order valence-corrected chi connectivity index (χ3v) is 23.5. The minimum absolute atomic E-state index is 0.0233. The van der Waals surface area contributed by atoms with E-state index in [1.54, 1.807) is 36.3 Å². The van der Waals surface area contributed by atoms with Crippen LogP contribution < -0.4 is 27.4 Å². The molecule has 117 heavy (non-hydrogen) atoms. The van der Waals surface area contributed by atoms with Crippen LogP contribution in [0.2, 0.25) is 15.1 Å². The van der Waals surface area contributed by atoms with Crippen molar-refractivity contribution in [1.29, 1.82) is 0 Å². The maximum Gasteiger partial charge on any atom is 0.410 e. The zero-order chi connectivity index (χ0) is 82.6. The molecule has 6 amide bonds. The predicted octanol–water partition coefficient (Wildman–Crippen LogP) is 14.1. The summed E-state index contributed by atoms with van der Waals surface area (Å²) in [5.74, 6) is 0. The lowest BCUT2D eigenvalue weighted by atomic mass is 9.90.